The Balaban J connectivity index is 1.67. The van der Waals surface area contributed by atoms with E-state index in [9.17, 15) is 48.3 Å². The third-order valence-corrected chi connectivity index (χ3v) is 13.7. The average Bonchev–Trinajstić information content (AvgIpc) is 3.94. The molecule has 0 bridgehead atoms. The highest BCUT2D eigenvalue weighted by Crippen LogP contribution is 2.30. The summed E-state index contributed by atoms with van der Waals surface area (Å²) in [4.78, 5) is 124. The zero-order chi connectivity index (χ0) is 52.4. The normalized spacial score (nSPS) is 18.2. The number of benzene rings is 1. The lowest BCUT2D eigenvalue weighted by Gasteiger charge is -2.41. The summed E-state index contributed by atoms with van der Waals surface area (Å²) in [6, 6.07) is 4.71. The van der Waals surface area contributed by atoms with Gasteiger partial charge in [0, 0.05) is 66.4 Å². The Labute approximate surface area is 413 Å². The minimum Gasteiger partial charge on any atom is -0.480 e. The molecular formula is C51H79N7O12. The second-order valence-electron chi connectivity index (χ2n) is 19.4. The predicted molar refractivity (Wildman–Crippen MR) is 261 cm³/mol. The van der Waals surface area contributed by atoms with E-state index in [1.165, 1.54) is 43.2 Å². The number of nitrogens with zero attached hydrogens (tertiary/aromatic N) is 4. The van der Waals surface area contributed by atoms with Crippen molar-refractivity contribution in [2.45, 2.75) is 149 Å². The number of carboxylic acids is 1. The van der Waals surface area contributed by atoms with E-state index in [-0.39, 0.29) is 73.7 Å². The molecule has 0 saturated carbocycles. The molecule has 2 heterocycles. The zero-order valence-corrected chi connectivity index (χ0v) is 43.1. The van der Waals surface area contributed by atoms with Crippen LogP contribution in [0.15, 0.2) is 42.5 Å². The van der Waals surface area contributed by atoms with Crippen molar-refractivity contribution in [3.8, 4) is 0 Å². The minimum atomic E-state index is -1.17. The van der Waals surface area contributed by atoms with Crippen molar-refractivity contribution in [3.63, 3.8) is 0 Å². The van der Waals surface area contributed by atoms with Crippen LogP contribution in [-0.2, 0) is 59.0 Å². The Morgan fingerprint density at radius 3 is 2.03 bits per heavy atom. The lowest BCUT2D eigenvalue weighted by molar-refractivity contribution is -0.149. The van der Waals surface area contributed by atoms with Crippen LogP contribution < -0.4 is 16.0 Å². The monoisotopic (exact) mass is 982 g/mol. The van der Waals surface area contributed by atoms with Crippen molar-refractivity contribution in [3.05, 3.63) is 48.0 Å². The molecule has 1 saturated heterocycles. The van der Waals surface area contributed by atoms with Crippen LogP contribution in [0.1, 0.15) is 105 Å². The maximum atomic E-state index is 14.6. The molecule has 1 aromatic carbocycles. The highest BCUT2D eigenvalue weighted by molar-refractivity contribution is 6.12. The van der Waals surface area contributed by atoms with Gasteiger partial charge in [0.15, 0.2) is 0 Å². The van der Waals surface area contributed by atoms with Crippen molar-refractivity contribution in [2.24, 2.45) is 23.7 Å². The Morgan fingerprint density at radius 2 is 1.47 bits per heavy atom. The standard InChI is InChI=1S/C51H79N7O12/c1-12-33(6)46(38(69-10)29-42(62)57-27-19-22-37(57)47(70-11)34(7)48(64)53-36(51(67)68)28-35-20-15-13-16-21-35)56(9)50(66)44(31(2)3)54-49(65)45(32(4)5)55(8)43(63)30-52-39(59)23-17-14-18-26-58-40(60)24-25-41(58)61/h13,15-16,20-21,24-25,31-34,36-38,44-47H,12,14,17-19,22-23,26-30H2,1-11H3,(H,52,59)(H,53,64)(H,54,65)(H,67,68)/t33-,34+,36-,37?,38+,44-,45-,46?,47+/m0/s1. The molecule has 3 rings (SSSR count). The van der Waals surface area contributed by atoms with Gasteiger partial charge < -0.3 is 45.2 Å². The number of carbonyl (C=O) groups is 9. The van der Waals surface area contributed by atoms with Crippen molar-refractivity contribution in [2.75, 3.05) is 47.9 Å². The number of methoxy groups -OCH3 is 2. The van der Waals surface area contributed by atoms with Crippen LogP contribution in [0.3, 0.4) is 0 Å². The lowest BCUT2D eigenvalue weighted by Crippen LogP contribution is -2.60. The van der Waals surface area contributed by atoms with E-state index in [0.29, 0.717) is 45.1 Å². The van der Waals surface area contributed by atoms with E-state index in [1.807, 2.05) is 19.9 Å². The number of nitrogens with one attached hydrogen (secondary N) is 3. The Morgan fingerprint density at radius 1 is 0.829 bits per heavy atom. The fraction of sp³-hybridized carbons (Fsp3) is 0.667. The van der Waals surface area contributed by atoms with Crippen LogP contribution in [0.2, 0.25) is 0 Å². The van der Waals surface area contributed by atoms with Gasteiger partial charge in [-0.05, 0) is 49.0 Å². The van der Waals surface area contributed by atoms with E-state index >= 15 is 0 Å². The first-order valence-corrected chi connectivity index (χ1v) is 24.6. The SMILES string of the molecule is CC[C@H](C)C([C@@H](CC(=O)N1CCCC1[C@H](OC)[C@@H](C)C(=O)N[C@@H](Cc1ccccc1)C(=O)O)OC)N(C)C(=O)[C@@H](NC(=O)[C@H](C(C)C)N(C)C(=O)CNC(=O)CCCCCN1C(=O)C=CC1=O)C(C)C. The van der Waals surface area contributed by atoms with E-state index < -0.39 is 77.9 Å². The van der Waals surface area contributed by atoms with Crippen molar-refractivity contribution >= 4 is 53.2 Å². The Hall–Kier alpha value is -5.69. The van der Waals surface area contributed by atoms with Crippen LogP contribution in [-0.4, -0.2) is 168 Å². The van der Waals surface area contributed by atoms with E-state index in [1.54, 1.807) is 70.8 Å². The molecule has 9 atom stereocenters. The molecule has 4 N–H and O–H groups in total. The number of amides is 8. The number of likely N-dealkylation sites (N-methyl/N-ethyl adjacent to an activating group) is 2. The number of hydrogen-bond donors (Lipinski definition) is 4. The molecule has 0 spiro atoms. The summed E-state index contributed by atoms with van der Waals surface area (Å²) in [7, 11) is 6.06. The molecule has 2 unspecified atom stereocenters. The summed E-state index contributed by atoms with van der Waals surface area (Å²) in [5.74, 6) is -6.21. The summed E-state index contributed by atoms with van der Waals surface area (Å²) >= 11 is 0. The number of carboxylic acid groups (broad SMARTS) is 1. The maximum absolute atomic E-state index is 14.6. The number of carbonyl (C=O) groups excluding carboxylic acids is 8. The number of hydrogen-bond acceptors (Lipinski definition) is 11. The molecule has 0 radical (unpaired) electrons. The van der Waals surface area contributed by atoms with Crippen molar-refractivity contribution in [1.82, 2.24) is 35.6 Å². The third-order valence-electron chi connectivity index (χ3n) is 13.7. The molecule has 8 amide bonds. The van der Waals surface area contributed by atoms with Gasteiger partial charge in [-0.2, -0.15) is 0 Å². The van der Waals surface area contributed by atoms with Crippen LogP contribution in [0.4, 0.5) is 0 Å². The van der Waals surface area contributed by atoms with Gasteiger partial charge >= 0.3 is 5.97 Å². The van der Waals surface area contributed by atoms with E-state index in [2.05, 4.69) is 16.0 Å². The number of unbranched alkanes of at least 4 members (excludes halogenated alkanes) is 2. The van der Waals surface area contributed by atoms with Crippen molar-refractivity contribution < 1.29 is 57.7 Å². The van der Waals surface area contributed by atoms with Crippen molar-refractivity contribution in [1.29, 1.82) is 0 Å². The van der Waals surface area contributed by atoms with Gasteiger partial charge in [0.05, 0.1) is 43.2 Å². The molecule has 0 aliphatic carbocycles. The molecule has 70 heavy (non-hydrogen) atoms. The first-order valence-electron chi connectivity index (χ1n) is 24.6. The third kappa shape index (κ3) is 16.2. The lowest BCUT2D eigenvalue weighted by atomic mass is 9.89. The topological polar surface area (TPSA) is 241 Å². The Bertz CT molecular complexity index is 1980. The van der Waals surface area contributed by atoms with Crippen LogP contribution in [0.5, 0.6) is 0 Å². The maximum Gasteiger partial charge on any atom is 0.326 e. The predicted octanol–water partition coefficient (Wildman–Crippen LogP) is 2.94. The molecular weight excluding hydrogens is 903 g/mol. The molecule has 19 heteroatoms. The first-order chi connectivity index (χ1) is 33.1. The van der Waals surface area contributed by atoms with Gasteiger partial charge in [-0.25, -0.2) is 4.79 Å². The fourth-order valence-corrected chi connectivity index (χ4v) is 9.48. The summed E-state index contributed by atoms with van der Waals surface area (Å²) in [5, 5.41) is 18.1. The quantitative estimate of drug-likeness (QED) is 0.0670. The number of ether oxygens (including phenoxy) is 2. The number of aliphatic carboxylic acids is 1. The van der Waals surface area contributed by atoms with Gasteiger partial charge in [0.1, 0.15) is 18.1 Å². The second kappa shape index (κ2) is 28.2. The first kappa shape index (κ1) is 58.6. The fourth-order valence-electron chi connectivity index (χ4n) is 9.48. The van der Waals surface area contributed by atoms with Crippen LogP contribution >= 0.6 is 0 Å². The van der Waals surface area contributed by atoms with E-state index in [0.717, 1.165) is 10.5 Å². The molecule has 1 aromatic rings. The molecule has 0 aromatic heterocycles. The number of imide groups is 1. The highest BCUT2D eigenvalue weighted by atomic mass is 16.5. The number of likely N-dealkylation sites (tertiary alicyclic amines) is 1. The highest BCUT2D eigenvalue weighted by Gasteiger charge is 2.44. The molecule has 1 fully saturated rings. The number of rotatable bonds is 29. The van der Waals surface area contributed by atoms with Crippen LogP contribution in [0, 0.1) is 23.7 Å². The van der Waals surface area contributed by atoms with Crippen LogP contribution in [0.25, 0.3) is 0 Å². The van der Waals surface area contributed by atoms with Gasteiger partial charge in [0.2, 0.25) is 35.4 Å². The van der Waals surface area contributed by atoms with Gasteiger partial charge in [-0.1, -0.05) is 91.6 Å². The van der Waals surface area contributed by atoms with Gasteiger partial charge in [-0.15, -0.1) is 0 Å². The van der Waals surface area contributed by atoms with Gasteiger partial charge in [0.25, 0.3) is 11.8 Å². The summed E-state index contributed by atoms with van der Waals surface area (Å²) in [6.45, 7) is 13.1. The Kier molecular flexibility index (Phi) is 23.6. The largest absolute Gasteiger partial charge is 0.480 e. The van der Waals surface area contributed by atoms with E-state index in [4.69, 9.17) is 9.47 Å². The second-order valence-corrected chi connectivity index (χ2v) is 19.4. The summed E-state index contributed by atoms with van der Waals surface area (Å²) < 4.78 is 11.9. The summed E-state index contributed by atoms with van der Waals surface area (Å²) in [6.07, 6.45) is 4.49. The molecule has 19 nitrogen and oxygen atoms in total. The molecule has 390 valence electrons. The average molecular weight is 982 g/mol. The van der Waals surface area contributed by atoms with Gasteiger partial charge in [-0.3, -0.25) is 43.3 Å². The summed E-state index contributed by atoms with van der Waals surface area (Å²) in [5.41, 5.74) is 0.755. The molecule has 2 aliphatic rings. The minimum absolute atomic E-state index is 0.0938. The zero-order valence-electron chi connectivity index (χ0n) is 43.1. The smallest absolute Gasteiger partial charge is 0.326 e. The molecule has 2 aliphatic heterocycles.